The second-order valence-electron chi connectivity index (χ2n) is 5.10. The molecule has 0 aliphatic heterocycles. The normalized spacial score (nSPS) is 10.5. The van der Waals surface area contributed by atoms with Gasteiger partial charge in [-0.25, -0.2) is 9.78 Å². The number of hydrogen-bond acceptors (Lipinski definition) is 5. The molecule has 3 aromatic rings. The highest BCUT2D eigenvalue weighted by atomic mass is 16.6. The summed E-state index contributed by atoms with van der Waals surface area (Å²) in [5.41, 5.74) is 0.885. The Kier molecular flexibility index (Phi) is 4.15. The summed E-state index contributed by atoms with van der Waals surface area (Å²) in [5.74, 6) is -0.612. The minimum Gasteiger partial charge on any atom is -0.502 e. The van der Waals surface area contributed by atoms with E-state index in [2.05, 4.69) is 10.3 Å². The standard InChI is InChI=1S/C17H15N3O4/c1-18-17(23)24-16-15(22)14-12(9-19-16)7-8-13(21)20(14)10-11-5-3-2-4-6-11/h2-9,22H,10H2,1H3,(H,18,23). The Hall–Kier alpha value is -3.35. The van der Waals surface area contributed by atoms with Crippen LogP contribution in [0.15, 0.2) is 53.5 Å². The molecule has 1 aromatic carbocycles. The van der Waals surface area contributed by atoms with Crippen molar-refractivity contribution in [1.29, 1.82) is 0 Å². The molecule has 0 aliphatic carbocycles. The maximum atomic E-state index is 12.3. The minimum atomic E-state index is -0.759. The second-order valence-corrected chi connectivity index (χ2v) is 5.10. The summed E-state index contributed by atoms with van der Waals surface area (Å²) in [4.78, 5) is 27.6. The van der Waals surface area contributed by atoms with Gasteiger partial charge in [-0.15, -0.1) is 0 Å². The number of ether oxygens (including phenoxy) is 1. The summed E-state index contributed by atoms with van der Waals surface area (Å²) < 4.78 is 6.34. The summed E-state index contributed by atoms with van der Waals surface area (Å²) >= 11 is 0. The molecule has 2 heterocycles. The molecule has 0 unspecified atom stereocenters. The highest BCUT2D eigenvalue weighted by molar-refractivity contribution is 5.86. The van der Waals surface area contributed by atoms with Crippen molar-refractivity contribution in [3.05, 3.63) is 64.6 Å². The fourth-order valence-electron chi connectivity index (χ4n) is 2.39. The number of nitrogens with zero attached hydrogens (tertiary/aromatic N) is 2. The van der Waals surface area contributed by atoms with E-state index in [1.165, 1.54) is 23.9 Å². The van der Waals surface area contributed by atoms with Gasteiger partial charge in [0.25, 0.3) is 11.4 Å². The summed E-state index contributed by atoms with van der Waals surface area (Å²) in [7, 11) is 1.39. The summed E-state index contributed by atoms with van der Waals surface area (Å²) in [6.45, 7) is 0.272. The van der Waals surface area contributed by atoms with E-state index in [1.54, 1.807) is 6.07 Å². The number of aromatic hydroxyl groups is 1. The SMILES string of the molecule is CNC(=O)Oc1ncc2ccc(=O)n(Cc3ccccc3)c2c1O. The predicted molar refractivity (Wildman–Crippen MR) is 88.3 cm³/mol. The van der Waals surface area contributed by atoms with Gasteiger partial charge in [0.05, 0.1) is 6.54 Å². The maximum absolute atomic E-state index is 12.3. The Balaban J connectivity index is 2.16. The molecule has 0 saturated carbocycles. The largest absolute Gasteiger partial charge is 0.502 e. The fourth-order valence-corrected chi connectivity index (χ4v) is 2.39. The molecule has 0 spiro atoms. The molecule has 3 rings (SSSR count). The number of carbonyl (C=O) groups is 1. The zero-order valence-corrected chi connectivity index (χ0v) is 12.9. The number of aromatic nitrogens is 2. The molecule has 0 fully saturated rings. The van der Waals surface area contributed by atoms with Gasteiger partial charge in [-0.1, -0.05) is 30.3 Å². The highest BCUT2D eigenvalue weighted by Crippen LogP contribution is 2.31. The van der Waals surface area contributed by atoms with Gasteiger partial charge in [0.2, 0.25) is 5.75 Å². The number of hydrogen-bond donors (Lipinski definition) is 2. The third-order valence-corrected chi connectivity index (χ3v) is 3.54. The number of amides is 1. The summed E-state index contributed by atoms with van der Waals surface area (Å²) in [6, 6.07) is 12.4. The first-order valence-corrected chi connectivity index (χ1v) is 7.25. The lowest BCUT2D eigenvalue weighted by atomic mass is 10.2. The quantitative estimate of drug-likeness (QED) is 0.767. The topological polar surface area (TPSA) is 93.5 Å². The summed E-state index contributed by atoms with van der Waals surface area (Å²) in [6.07, 6.45) is 0.680. The third kappa shape index (κ3) is 2.91. The monoisotopic (exact) mass is 325 g/mol. The van der Waals surface area contributed by atoms with Gasteiger partial charge in [0.1, 0.15) is 5.52 Å². The van der Waals surface area contributed by atoms with E-state index in [0.717, 1.165) is 5.56 Å². The first kappa shape index (κ1) is 15.5. The van der Waals surface area contributed by atoms with Crippen LogP contribution in [0, 0.1) is 0 Å². The third-order valence-electron chi connectivity index (χ3n) is 3.54. The number of carbonyl (C=O) groups excluding carboxylic acids is 1. The van der Waals surface area contributed by atoms with Gasteiger partial charge in [-0.3, -0.25) is 4.79 Å². The number of pyridine rings is 2. The van der Waals surface area contributed by atoms with E-state index in [-0.39, 0.29) is 29.3 Å². The van der Waals surface area contributed by atoms with E-state index in [9.17, 15) is 14.7 Å². The Labute approximate surface area is 137 Å². The van der Waals surface area contributed by atoms with Crippen LogP contribution in [-0.4, -0.2) is 27.8 Å². The second kappa shape index (κ2) is 6.41. The van der Waals surface area contributed by atoms with Crippen molar-refractivity contribution in [2.75, 3.05) is 7.05 Å². The lowest BCUT2D eigenvalue weighted by Gasteiger charge is -2.13. The van der Waals surface area contributed by atoms with E-state index >= 15 is 0 Å². The number of rotatable bonds is 3. The Morgan fingerprint density at radius 3 is 2.71 bits per heavy atom. The van der Waals surface area contributed by atoms with Crippen molar-refractivity contribution < 1.29 is 14.6 Å². The van der Waals surface area contributed by atoms with Gasteiger partial charge in [0.15, 0.2) is 0 Å². The first-order valence-electron chi connectivity index (χ1n) is 7.25. The molecular formula is C17H15N3O4. The van der Waals surface area contributed by atoms with E-state index < -0.39 is 6.09 Å². The number of nitrogens with one attached hydrogen (secondary N) is 1. The maximum Gasteiger partial charge on any atom is 0.413 e. The molecule has 0 bridgehead atoms. The van der Waals surface area contributed by atoms with Crippen LogP contribution >= 0.6 is 0 Å². The number of benzene rings is 1. The van der Waals surface area contributed by atoms with Crippen LogP contribution in [0.3, 0.4) is 0 Å². The Morgan fingerprint density at radius 1 is 1.25 bits per heavy atom. The van der Waals surface area contributed by atoms with Crippen LogP contribution in [0.1, 0.15) is 5.56 Å². The lowest BCUT2D eigenvalue weighted by molar-refractivity contribution is 0.199. The molecular weight excluding hydrogens is 310 g/mol. The highest BCUT2D eigenvalue weighted by Gasteiger charge is 2.16. The Bertz CT molecular complexity index is 951. The molecule has 0 aliphatic rings. The van der Waals surface area contributed by atoms with Gasteiger partial charge in [-0.2, -0.15) is 0 Å². The van der Waals surface area contributed by atoms with E-state index in [4.69, 9.17) is 4.74 Å². The van der Waals surface area contributed by atoms with Crippen molar-refractivity contribution >= 4 is 17.0 Å². The molecule has 1 amide bonds. The summed E-state index contributed by atoms with van der Waals surface area (Å²) in [5, 5.41) is 13.3. The van der Waals surface area contributed by atoms with E-state index in [1.807, 2.05) is 30.3 Å². The predicted octanol–water partition coefficient (Wildman–Crippen LogP) is 1.87. The molecule has 0 saturated heterocycles. The van der Waals surface area contributed by atoms with E-state index in [0.29, 0.717) is 5.39 Å². The average molecular weight is 325 g/mol. The van der Waals surface area contributed by atoms with Crippen molar-refractivity contribution in [3.63, 3.8) is 0 Å². The smallest absolute Gasteiger partial charge is 0.413 e. The number of fused-ring (bicyclic) bond motifs is 1. The van der Waals surface area contributed by atoms with Crippen molar-refractivity contribution in [1.82, 2.24) is 14.9 Å². The van der Waals surface area contributed by atoms with Crippen LogP contribution in [-0.2, 0) is 6.54 Å². The van der Waals surface area contributed by atoms with Crippen LogP contribution in [0.5, 0.6) is 11.6 Å². The lowest BCUT2D eigenvalue weighted by Crippen LogP contribution is -2.23. The van der Waals surface area contributed by atoms with Crippen molar-refractivity contribution in [2.45, 2.75) is 6.54 Å². The van der Waals surface area contributed by atoms with Crippen LogP contribution in [0.25, 0.3) is 10.9 Å². The molecule has 122 valence electrons. The van der Waals surface area contributed by atoms with Crippen LogP contribution in [0.2, 0.25) is 0 Å². The fraction of sp³-hybridized carbons (Fsp3) is 0.118. The molecule has 7 nitrogen and oxygen atoms in total. The molecule has 0 radical (unpaired) electrons. The average Bonchev–Trinajstić information content (AvgIpc) is 2.60. The molecule has 2 N–H and O–H groups in total. The van der Waals surface area contributed by atoms with Crippen molar-refractivity contribution in [2.24, 2.45) is 0 Å². The van der Waals surface area contributed by atoms with Gasteiger partial charge >= 0.3 is 6.09 Å². The minimum absolute atomic E-state index is 0.255. The molecule has 7 heteroatoms. The zero-order chi connectivity index (χ0) is 17.1. The van der Waals surface area contributed by atoms with Crippen LogP contribution < -0.4 is 15.6 Å². The first-order chi connectivity index (χ1) is 11.6. The van der Waals surface area contributed by atoms with Gasteiger partial charge in [-0.05, 0) is 11.6 Å². The van der Waals surface area contributed by atoms with Gasteiger partial charge in [0, 0.05) is 24.7 Å². The molecule has 24 heavy (non-hydrogen) atoms. The Morgan fingerprint density at radius 2 is 2.00 bits per heavy atom. The molecule has 0 atom stereocenters. The van der Waals surface area contributed by atoms with Crippen molar-refractivity contribution in [3.8, 4) is 11.6 Å². The zero-order valence-electron chi connectivity index (χ0n) is 12.9. The van der Waals surface area contributed by atoms with Crippen LogP contribution in [0.4, 0.5) is 4.79 Å². The van der Waals surface area contributed by atoms with Gasteiger partial charge < -0.3 is 19.7 Å². The molecule has 2 aromatic heterocycles.